The van der Waals surface area contributed by atoms with E-state index in [1.165, 1.54) is 23.4 Å². The first-order chi connectivity index (χ1) is 10.1. The molecule has 0 saturated heterocycles. The molecule has 4 nitrogen and oxygen atoms in total. The normalized spacial score (nSPS) is 14.9. The first kappa shape index (κ1) is 16.7. The molecule has 5 heteroatoms. The first-order valence-corrected chi connectivity index (χ1v) is 8.96. The zero-order chi connectivity index (χ0) is 15.2. The monoisotopic (exact) mass is 311 g/mol. The molecule has 0 aliphatic heterocycles. The van der Waals surface area contributed by atoms with Gasteiger partial charge in [0.2, 0.25) is 0 Å². The van der Waals surface area contributed by atoms with Gasteiger partial charge in [0.15, 0.2) is 5.13 Å². The summed E-state index contributed by atoms with van der Waals surface area (Å²) in [5, 5.41) is 4.73. The smallest absolute Gasteiger partial charge is 0.185 e. The molecule has 0 amide bonds. The van der Waals surface area contributed by atoms with Crippen LogP contribution in [-0.2, 0) is 17.7 Å². The molecule has 1 aromatic rings. The van der Waals surface area contributed by atoms with Crippen LogP contribution in [0.25, 0.3) is 0 Å². The second-order valence-corrected chi connectivity index (χ2v) is 7.17. The molecule has 1 heterocycles. The lowest BCUT2D eigenvalue weighted by Crippen LogP contribution is -2.23. The number of thiazole rings is 1. The Bertz CT molecular complexity index is 429. The van der Waals surface area contributed by atoms with Crippen molar-refractivity contribution in [2.24, 2.45) is 0 Å². The molecule has 0 radical (unpaired) electrons. The van der Waals surface area contributed by atoms with E-state index in [1.807, 2.05) is 11.3 Å². The van der Waals surface area contributed by atoms with Crippen LogP contribution >= 0.6 is 11.3 Å². The van der Waals surface area contributed by atoms with E-state index in [2.05, 4.69) is 38.0 Å². The molecule has 2 rings (SSSR count). The van der Waals surface area contributed by atoms with Crippen LogP contribution in [0.15, 0.2) is 0 Å². The van der Waals surface area contributed by atoms with Gasteiger partial charge in [-0.1, -0.05) is 13.3 Å². The number of anilines is 1. The predicted octanol–water partition coefficient (Wildman–Crippen LogP) is 3.21. The Morgan fingerprint density at radius 1 is 1.43 bits per heavy atom. The van der Waals surface area contributed by atoms with Gasteiger partial charge in [-0.25, -0.2) is 4.98 Å². The maximum Gasteiger partial charge on any atom is 0.185 e. The highest BCUT2D eigenvalue weighted by atomic mass is 32.1. The topological polar surface area (TPSA) is 37.4 Å². The Hall–Kier alpha value is -0.650. The van der Waals surface area contributed by atoms with Crippen molar-refractivity contribution in [2.75, 3.05) is 25.1 Å². The number of aryl methyl sites for hydroxylation is 1. The number of hydrogen-bond donors (Lipinski definition) is 1. The maximum atomic E-state index is 5.63. The fourth-order valence-corrected chi connectivity index (χ4v) is 3.19. The van der Waals surface area contributed by atoms with Gasteiger partial charge in [0.1, 0.15) is 0 Å². The molecule has 0 spiro atoms. The summed E-state index contributed by atoms with van der Waals surface area (Å²) in [5.74, 6) is 0. The van der Waals surface area contributed by atoms with Crippen molar-refractivity contribution < 1.29 is 4.74 Å². The lowest BCUT2D eigenvalue weighted by molar-refractivity contribution is 0.0846. The van der Waals surface area contributed by atoms with Crippen molar-refractivity contribution in [1.82, 2.24) is 10.3 Å². The zero-order valence-corrected chi connectivity index (χ0v) is 14.6. The summed E-state index contributed by atoms with van der Waals surface area (Å²) in [6, 6.07) is 0.752. The zero-order valence-electron chi connectivity index (χ0n) is 13.8. The van der Waals surface area contributed by atoms with Crippen LogP contribution in [0, 0.1) is 0 Å². The average Bonchev–Trinajstić information content (AvgIpc) is 3.17. The second-order valence-electron chi connectivity index (χ2n) is 6.11. The lowest BCUT2D eigenvalue weighted by Gasteiger charge is -2.16. The van der Waals surface area contributed by atoms with Crippen LogP contribution in [0.4, 0.5) is 5.13 Å². The van der Waals surface area contributed by atoms with Crippen molar-refractivity contribution in [3.63, 3.8) is 0 Å². The van der Waals surface area contributed by atoms with Crippen LogP contribution in [0.5, 0.6) is 0 Å². The largest absolute Gasteiger partial charge is 0.377 e. The number of aromatic nitrogens is 1. The average molecular weight is 311 g/mol. The van der Waals surface area contributed by atoms with Gasteiger partial charge in [0.25, 0.3) is 0 Å². The molecule has 1 saturated carbocycles. The molecule has 21 heavy (non-hydrogen) atoms. The van der Waals surface area contributed by atoms with Crippen LogP contribution in [0.2, 0.25) is 0 Å². The number of rotatable bonds is 10. The summed E-state index contributed by atoms with van der Waals surface area (Å²) in [6.07, 6.45) is 5.19. The Labute approximate surface area is 132 Å². The van der Waals surface area contributed by atoms with Gasteiger partial charge in [-0.05, 0) is 33.1 Å². The third-order valence-corrected chi connectivity index (χ3v) is 4.80. The summed E-state index contributed by atoms with van der Waals surface area (Å²) in [5.41, 5.74) is 1.28. The van der Waals surface area contributed by atoms with Crippen LogP contribution in [0.1, 0.15) is 50.6 Å². The Balaban J connectivity index is 1.92. The van der Waals surface area contributed by atoms with E-state index in [0.717, 1.165) is 43.7 Å². The number of hydrogen-bond acceptors (Lipinski definition) is 5. The minimum atomic E-state index is 0.295. The van der Waals surface area contributed by atoms with E-state index in [0.29, 0.717) is 6.10 Å². The van der Waals surface area contributed by atoms with E-state index in [1.54, 1.807) is 0 Å². The Kier molecular flexibility index (Phi) is 6.45. The Morgan fingerprint density at radius 3 is 2.81 bits per heavy atom. The molecule has 1 aromatic heterocycles. The van der Waals surface area contributed by atoms with Crippen LogP contribution in [0.3, 0.4) is 0 Å². The standard InChI is InChI=1S/C16H29N3OS/c1-5-6-14-15(11-17-13-7-8-13)21-16(18-14)19(4)9-10-20-12(2)3/h12-13,17H,5-11H2,1-4H3. The highest BCUT2D eigenvalue weighted by Gasteiger charge is 2.22. The van der Waals surface area contributed by atoms with Crippen molar-refractivity contribution in [2.45, 2.75) is 65.1 Å². The second kappa shape index (κ2) is 8.11. The van der Waals surface area contributed by atoms with Crippen molar-refractivity contribution in [1.29, 1.82) is 0 Å². The van der Waals surface area contributed by atoms with Crippen molar-refractivity contribution in [3.05, 3.63) is 10.6 Å². The van der Waals surface area contributed by atoms with Crippen LogP contribution in [-0.4, -0.2) is 37.3 Å². The van der Waals surface area contributed by atoms with E-state index in [9.17, 15) is 0 Å². The molecule has 1 aliphatic rings. The molecule has 0 aromatic carbocycles. The van der Waals surface area contributed by atoms with E-state index in [-0.39, 0.29) is 0 Å². The third-order valence-electron chi connectivity index (χ3n) is 3.59. The maximum absolute atomic E-state index is 5.63. The van der Waals surface area contributed by atoms with Crippen molar-refractivity contribution in [3.8, 4) is 0 Å². The van der Waals surface area contributed by atoms with Gasteiger partial charge in [-0.3, -0.25) is 0 Å². The van der Waals surface area contributed by atoms with Crippen LogP contribution < -0.4 is 10.2 Å². The molecule has 120 valence electrons. The SMILES string of the molecule is CCCc1nc(N(C)CCOC(C)C)sc1CNC1CC1. The highest BCUT2D eigenvalue weighted by molar-refractivity contribution is 7.15. The highest BCUT2D eigenvalue weighted by Crippen LogP contribution is 2.28. The third kappa shape index (κ3) is 5.57. The summed E-state index contributed by atoms with van der Waals surface area (Å²) in [7, 11) is 2.11. The number of nitrogens with zero attached hydrogens (tertiary/aromatic N) is 2. The van der Waals surface area contributed by atoms with E-state index < -0.39 is 0 Å². The fourth-order valence-electron chi connectivity index (χ4n) is 2.15. The van der Waals surface area contributed by atoms with Gasteiger partial charge < -0.3 is 15.0 Å². The van der Waals surface area contributed by atoms with E-state index in [4.69, 9.17) is 9.72 Å². The first-order valence-electron chi connectivity index (χ1n) is 8.14. The fraction of sp³-hybridized carbons (Fsp3) is 0.812. The number of ether oxygens (including phenoxy) is 1. The molecule has 0 bridgehead atoms. The summed E-state index contributed by atoms with van der Waals surface area (Å²) in [4.78, 5) is 8.47. The number of likely N-dealkylation sites (N-methyl/N-ethyl adjacent to an activating group) is 1. The minimum Gasteiger partial charge on any atom is -0.377 e. The van der Waals surface area contributed by atoms with Gasteiger partial charge >= 0.3 is 0 Å². The molecule has 0 unspecified atom stereocenters. The van der Waals surface area contributed by atoms with Gasteiger partial charge in [-0.15, -0.1) is 11.3 Å². The predicted molar refractivity (Wildman–Crippen MR) is 90.3 cm³/mol. The summed E-state index contributed by atoms with van der Waals surface area (Å²) >= 11 is 1.83. The lowest BCUT2D eigenvalue weighted by atomic mass is 10.2. The summed E-state index contributed by atoms with van der Waals surface area (Å²) in [6.45, 7) is 9.00. The molecular weight excluding hydrogens is 282 g/mol. The summed E-state index contributed by atoms with van der Waals surface area (Å²) < 4.78 is 5.63. The molecular formula is C16H29N3OS. The Morgan fingerprint density at radius 2 is 2.19 bits per heavy atom. The van der Waals surface area contributed by atoms with Crippen molar-refractivity contribution >= 4 is 16.5 Å². The molecule has 1 N–H and O–H groups in total. The molecule has 1 fully saturated rings. The van der Waals surface area contributed by atoms with Gasteiger partial charge in [-0.2, -0.15) is 0 Å². The van der Waals surface area contributed by atoms with Gasteiger partial charge in [0, 0.05) is 31.1 Å². The number of nitrogens with one attached hydrogen (secondary N) is 1. The molecule has 0 atom stereocenters. The molecule has 1 aliphatic carbocycles. The quantitative estimate of drug-likeness (QED) is 0.720. The van der Waals surface area contributed by atoms with Gasteiger partial charge in [0.05, 0.1) is 18.4 Å². The van der Waals surface area contributed by atoms with E-state index >= 15 is 0 Å². The minimum absolute atomic E-state index is 0.295.